The van der Waals surface area contributed by atoms with Gasteiger partial charge in [0.25, 0.3) is 5.56 Å². The summed E-state index contributed by atoms with van der Waals surface area (Å²) in [7, 11) is 0. The number of aryl methyl sites for hydroxylation is 1. The van der Waals surface area contributed by atoms with E-state index in [0.717, 1.165) is 10.9 Å². The van der Waals surface area contributed by atoms with Gasteiger partial charge < -0.3 is 0 Å². The van der Waals surface area contributed by atoms with Crippen LogP contribution in [0.5, 0.6) is 0 Å². The predicted octanol–water partition coefficient (Wildman–Crippen LogP) is 2.51. The second kappa shape index (κ2) is 3.14. The first-order valence-electron chi connectivity index (χ1n) is 3.98. The summed E-state index contributed by atoms with van der Waals surface area (Å²) in [6, 6.07) is 9.44. The molecule has 0 aliphatic heterocycles. The van der Waals surface area contributed by atoms with E-state index in [1.165, 1.54) is 5.56 Å². The van der Waals surface area contributed by atoms with Crippen molar-refractivity contribution in [2.75, 3.05) is 0 Å². The van der Waals surface area contributed by atoms with Crippen LogP contribution in [0.25, 0.3) is 10.9 Å². The summed E-state index contributed by atoms with van der Waals surface area (Å²) < 4.78 is 1.64. The molecule has 2 rings (SSSR count). The fourth-order valence-electron chi connectivity index (χ4n) is 1.39. The van der Waals surface area contributed by atoms with Crippen molar-refractivity contribution in [3.8, 4) is 0 Å². The van der Waals surface area contributed by atoms with Gasteiger partial charge in [-0.15, -0.1) is 0 Å². The van der Waals surface area contributed by atoms with Gasteiger partial charge in [-0.2, -0.15) is 0 Å². The fourth-order valence-corrected chi connectivity index (χ4v) is 1.97. The number of fused-ring (bicyclic) bond motifs is 1. The Labute approximate surface area is 89.7 Å². The Bertz CT molecular complexity index is 516. The lowest BCUT2D eigenvalue weighted by atomic mass is 10.1. The Morgan fingerprint density at radius 2 is 2.00 bits per heavy atom. The van der Waals surface area contributed by atoms with E-state index in [2.05, 4.69) is 0 Å². The topological polar surface area (TPSA) is 22.0 Å². The summed E-state index contributed by atoms with van der Waals surface area (Å²) in [4.78, 5) is 11.3. The number of benzene rings is 1. The van der Waals surface area contributed by atoms with Gasteiger partial charge in [0.1, 0.15) is 0 Å². The van der Waals surface area contributed by atoms with Gasteiger partial charge in [-0.05, 0) is 24.6 Å². The van der Waals surface area contributed by atoms with Crippen LogP contribution in [0, 0.1) is 6.92 Å². The smallest absolute Gasteiger partial charge is 0.259 e. The standard InChI is InChI=1S/C10H8INO/c1-7-3-2-4-9-8(7)5-6-10(13)12(9)11/h2-6H,1H3. The summed E-state index contributed by atoms with van der Waals surface area (Å²) >= 11 is 2.02. The van der Waals surface area contributed by atoms with Crippen LogP contribution < -0.4 is 5.56 Å². The predicted molar refractivity (Wildman–Crippen MR) is 62.4 cm³/mol. The lowest BCUT2D eigenvalue weighted by Crippen LogP contribution is -2.10. The van der Waals surface area contributed by atoms with Crippen molar-refractivity contribution in [1.29, 1.82) is 0 Å². The highest BCUT2D eigenvalue weighted by atomic mass is 127. The Morgan fingerprint density at radius 3 is 2.77 bits per heavy atom. The molecule has 0 spiro atoms. The highest BCUT2D eigenvalue weighted by molar-refractivity contribution is 14.1. The van der Waals surface area contributed by atoms with Crippen LogP contribution >= 0.6 is 22.9 Å². The van der Waals surface area contributed by atoms with Crippen molar-refractivity contribution in [1.82, 2.24) is 2.78 Å². The van der Waals surface area contributed by atoms with E-state index >= 15 is 0 Å². The summed E-state index contributed by atoms with van der Waals surface area (Å²) in [6.45, 7) is 2.05. The maximum Gasteiger partial charge on any atom is 0.259 e. The molecule has 0 bridgehead atoms. The van der Waals surface area contributed by atoms with Crippen molar-refractivity contribution in [3.63, 3.8) is 0 Å². The highest BCUT2D eigenvalue weighted by Crippen LogP contribution is 2.17. The van der Waals surface area contributed by atoms with Crippen molar-refractivity contribution in [2.24, 2.45) is 0 Å². The lowest BCUT2D eigenvalue weighted by Gasteiger charge is -2.03. The Kier molecular flexibility index (Phi) is 2.11. The zero-order valence-electron chi connectivity index (χ0n) is 7.12. The quantitative estimate of drug-likeness (QED) is 0.682. The van der Waals surface area contributed by atoms with Gasteiger partial charge in [0, 0.05) is 11.5 Å². The molecule has 0 unspecified atom stereocenters. The molecule has 1 aromatic carbocycles. The fraction of sp³-hybridized carbons (Fsp3) is 0.100. The minimum Gasteiger partial charge on any atom is -0.269 e. The van der Waals surface area contributed by atoms with Crippen LogP contribution in [0.4, 0.5) is 0 Å². The molecule has 0 fully saturated rings. The van der Waals surface area contributed by atoms with E-state index in [4.69, 9.17) is 0 Å². The summed E-state index contributed by atoms with van der Waals surface area (Å²) in [6.07, 6.45) is 0. The number of halogens is 1. The number of aromatic nitrogens is 1. The molecule has 0 atom stereocenters. The van der Waals surface area contributed by atoms with E-state index < -0.39 is 0 Å². The maximum atomic E-state index is 11.3. The van der Waals surface area contributed by atoms with Crippen LogP contribution in [-0.2, 0) is 0 Å². The van der Waals surface area contributed by atoms with Crippen LogP contribution in [0.1, 0.15) is 5.56 Å². The third-order valence-electron chi connectivity index (χ3n) is 2.10. The first-order valence-corrected chi connectivity index (χ1v) is 4.94. The normalized spacial score (nSPS) is 10.6. The van der Waals surface area contributed by atoms with E-state index in [0.29, 0.717) is 0 Å². The molecule has 0 aliphatic rings. The van der Waals surface area contributed by atoms with E-state index in [9.17, 15) is 4.79 Å². The maximum absolute atomic E-state index is 11.3. The van der Waals surface area contributed by atoms with E-state index in [1.807, 2.05) is 54.1 Å². The number of pyridine rings is 1. The molecule has 13 heavy (non-hydrogen) atoms. The van der Waals surface area contributed by atoms with Crippen LogP contribution in [0.3, 0.4) is 0 Å². The van der Waals surface area contributed by atoms with Crippen molar-refractivity contribution in [3.05, 3.63) is 46.2 Å². The van der Waals surface area contributed by atoms with Crippen LogP contribution in [-0.4, -0.2) is 2.78 Å². The average molecular weight is 285 g/mol. The van der Waals surface area contributed by atoms with Gasteiger partial charge in [0.05, 0.1) is 28.4 Å². The molecule has 1 heterocycles. The molecule has 3 heteroatoms. The first-order chi connectivity index (χ1) is 6.20. The Balaban J connectivity index is 3.03. The zero-order valence-corrected chi connectivity index (χ0v) is 9.28. The number of nitrogens with zero attached hydrogens (tertiary/aromatic N) is 1. The van der Waals surface area contributed by atoms with Crippen molar-refractivity contribution >= 4 is 33.8 Å². The van der Waals surface area contributed by atoms with Crippen molar-refractivity contribution in [2.45, 2.75) is 6.92 Å². The second-order valence-corrected chi connectivity index (χ2v) is 3.92. The zero-order chi connectivity index (χ0) is 9.42. The molecule has 1 aromatic heterocycles. The minimum atomic E-state index is 0.0266. The largest absolute Gasteiger partial charge is 0.269 e. The van der Waals surface area contributed by atoms with E-state index in [1.54, 1.807) is 8.85 Å². The molecule has 0 radical (unpaired) electrons. The molecule has 0 saturated carbocycles. The third-order valence-corrected chi connectivity index (χ3v) is 3.09. The summed E-state index contributed by atoms with van der Waals surface area (Å²) in [5.74, 6) is 0. The van der Waals surface area contributed by atoms with Gasteiger partial charge in [0.15, 0.2) is 0 Å². The molecular formula is C10H8INO. The second-order valence-electron chi connectivity index (χ2n) is 2.96. The third kappa shape index (κ3) is 1.37. The first kappa shape index (κ1) is 8.74. The van der Waals surface area contributed by atoms with Gasteiger partial charge in [-0.25, -0.2) is 2.78 Å². The molecule has 0 amide bonds. The minimum absolute atomic E-state index is 0.0266. The van der Waals surface area contributed by atoms with Crippen LogP contribution in [0.2, 0.25) is 0 Å². The van der Waals surface area contributed by atoms with Gasteiger partial charge in [0.2, 0.25) is 0 Å². The molecular weight excluding hydrogens is 277 g/mol. The molecule has 0 saturated heterocycles. The van der Waals surface area contributed by atoms with E-state index in [-0.39, 0.29) is 5.56 Å². The van der Waals surface area contributed by atoms with Gasteiger partial charge in [-0.1, -0.05) is 12.1 Å². The lowest BCUT2D eigenvalue weighted by molar-refractivity contribution is 1.26. The molecule has 2 aromatic rings. The molecule has 0 N–H and O–H groups in total. The highest BCUT2D eigenvalue weighted by Gasteiger charge is 2.00. The van der Waals surface area contributed by atoms with Gasteiger partial charge in [-0.3, -0.25) is 4.79 Å². The summed E-state index contributed by atoms with van der Waals surface area (Å²) in [5, 5.41) is 1.14. The number of rotatable bonds is 0. The summed E-state index contributed by atoms with van der Waals surface area (Å²) in [5.41, 5.74) is 2.20. The average Bonchev–Trinajstić information content (AvgIpc) is 2.12. The van der Waals surface area contributed by atoms with Crippen molar-refractivity contribution < 1.29 is 0 Å². The Morgan fingerprint density at radius 1 is 1.23 bits per heavy atom. The Hall–Kier alpha value is -0.840. The molecule has 0 aliphatic carbocycles. The number of hydrogen-bond acceptors (Lipinski definition) is 1. The van der Waals surface area contributed by atoms with Crippen LogP contribution in [0.15, 0.2) is 35.1 Å². The van der Waals surface area contributed by atoms with Gasteiger partial charge >= 0.3 is 0 Å². The SMILES string of the molecule is Cc1cccc2c1ccc(=O)n2I. The monoisotopic (exact) mass is 285 g/mol. The molecule has 2 nitrogen and oxygen atoms in total. The number of hydrogen-bond donors (Lipinski definition) is 0. The molecule has 66 valence electrons.